The third-order valence-corrected chi connectivity index (χ3v) is 1.92. The summed E-state index contributed by atoms with van der Waals surface area (Å²) in [6.07, 6.45) is 8.09. The summed E-state index contributed by atoms with van der Waals surface area (Å²) >= 11 is 0. The molecule has 0 aromatic carbocycles. The van der Waals surface area contributed by atoms with Gasteiger partial charge in [0, 0.05) is 0 Å². The van der Waals surface area contributed by atoms with Crippen molar-refractivity contribution in [3.63, 3.8) is 0 Å². The predicted molar refractivity (Wildman–Crippen MR) is 57.1 cm³/mol. The number of aromatic nitrogens is 2. The van der Waals surface area contributed by atoms with Crippen LogP contribution in [0.15, 0.2) is 18.7 Å². The van der Waals surface area contributed by atoms with E-state index in [-0.39, 0.29) is 0 Å². The number of nitrogens with zero attached hydrogens (tertiary/aromatic N) is 2. The lowest BCUT2D eigenvalue weighted by atomic mass is 10.5. The molecule has 4 nitrogen and oxygen atoms in total. The van der Waals surface area contributed by atoms with Crippen LogP contribution in [0.3, 0.4) is 0 Å². The lowest BCUT2D eigenvalue weighted by Crippen LogP contribution is -2.32. The average molecular weight is 213 g/mol. The molecule has 1 heterocycles. The summed E-state index contributed by atoms with van der Waals surface area (Å²) < 4.78 is 14.8. The first-order valence-electron chi connectivity index (χ1n) is 5.57. The maximum absolute atomic E-state index is 5.42. The number of rotatable bonds is 8. The Hall–Kier alpha value is -0.870. The Bertz CT molecular complexity index is 236. The molecule has 1 aromatic rings. The quantitative estimate of drug-likeness (QED) is 0.484. The second-order valence-corrected chi connectivity index (χ2v) is 3.52. The highest BCUT2D eigenvalue weighted by atomic mass is 16.5. The number of ether oxygens (including phenoxy) is 2. The van der Waals surface area contributed by atoms with Gasteiger partial charge in [-0.2, -0.15) is 0 Å². The van der Waals surface area contributed by atoms with Gasteiger partial charge in [-0.15, -0.1) is 0 Å². The standard InChI is InChI=1S/C11H21N2O2/c1-3-7-14-10-12-5-6-13(9-12)11-15-8-4-2/h5-6,9H,3-4,7-8,10-11H2,1-2H3/q+1. The van der Waals surface area contributed by atoms with Gasteiger partial charge in [-0.05, 0) is 12.8 Å². The fourth-order valence-corrected chi connectivity index (χ4v) is 1.22. The summed E-state index contributed by atoms with van der Waals surface area (Å²) in [5, 5.41) is 0. The van der Waals surface area contributed by atoms with Crippen LogP contribution in [0.4, 0.5) is 0 Å². The van der Waals surface area contributed by atoms with Crippen LogP contribution >= 0.6 is 0 Å². The molecule has 0 saturated heterocycles. The Morgan fingerprint density at radius 3 is 2.60 bits per heavy atom. The Kier molecular flexibility index (Phi) is 6.04. The van der Waals surface area contributed by atoms with Crippen molar-refractivity contribution >= 4 is 0 Å². The molecule has 0 saturated carbocycles. The first-order chi connectivity index (χ1) is 7.36. The van der Waals surface area contributed by atoms with Crippen molar-refractivity contribution in [2.45, 2.75) is 40.2 Å². The van der Waals surface area contributed by atoms with E-state index in [1.807, 2.05) is 27.9 Å². The average Bonchev–Trinajstić information content (AvgIpc) is 2.67. The molecular formula is C11H21N2O2+. The minimum absolute atomic E-state index is 0.620. The minimum Gasteiger partial charge on any atom is -0.342 e. The molecule has 0 bridgehead atoms. The van der Waals surface area contributed by atoms with Crippen molar-refractivity contribution in [1.82, 2.24) is 4.57 Å². The lowest BCUT2D eigenvalue weighted by Gasteiger charge is -1.98. The molecule has 0 N–H and O–H groups in total. The van der Waals surface area contributed by atoms with Crippen LogP contribution in [-0.4, -0.2) is 17.8 Å². The van der Waals surface area contributed by atoms with E-state index in [1.54, 1.807) is 0 Å². The molecule has 0 fully saturated rings. The molecule has 0 radical (unpaired) electrons. The summed E-state index contributed by atoms with van der Waals surface area (Å²) in [6, 6.07) is 0. The predicted octanol–water partition coefficient (Wildman–Crippen LogP) is 1.54. The van der Waals surface area contributed by atoms with E-state index in [0.29, 0.717) is 13.5 Å². The highest BCUT2D eigenvalue weighted by molar-refractivity contribution is 4.63. The van der Waals surface area contributed by atoms with Crippen molar-refractivity contribution in [1.29, 1.82) is 0 Å². The summed E-state index contributed by atoms with van der Waals surface area (Å²) in [6.45, 7) is 7.07. The summed E-state index contributed by atoms with van der Waals surface area (Å²) in [5.74, 6) is 0. The van der Waals surface area contributed by atoms with Gasteiger partial charge >= 0.3 is 0 Å². The van der Waals surface area contributed by atoms with Crippen molar-refractivity contribution < 1.29 is 14.0 Å². The van der Waals surface area contributed by atoms with Crippen molar-refractivity contribution in [2.24, 2.45) is 0 Å². The summed E-state index contributed by atoms with van der Waals surface area (Å²) in [7, 11) is 0. The Labute approximate surface area is 91.4 Å². The normalized spacial score (nSPS) is 10.8. The van der Waals surface area contributed by atoms with E-state index in [0.717, 1.165) is 26.1 Å². The van der Waals surface area contributed by atoms with Gasteiger partial charge in [0.05, 0.1) is 13.2 Å². The zero-order valence-electron chi connectivity index (χ0n) is 9.69. The lowest BCUT2D eigenvalue weighted by molar-refractivity contribution is -0.732. The SMILES string of the molecule is CCCOCn1cc[n+](COCCC)c1. The van der Waals surface area contributed by atoms with Crippen LogP contribution in [0.25, 0.3) is 0 Å². The fourth-order valence-electron chi connectivity index (χ4n) is 1.22. The molecule has 0 aliphatic heterocycles. The van der Waals surface area contributed by atoms with Gasteiger partial charge in [0.2, 0.25) is 6.33 Å². The third kappa shape index (κ3) is 4.95. The summed E-state index contributed by atoms with van der Waals surface area (Å²) in [5.41, 5.74) is 0. The topological polar surface area (TPSA) is 27.3 Å². The van der Waals surface area contributed by atoms with Crippen LogP contribution in [0.2, 0.25) is 0 Å². The number of hydrogen-bond donors (Lipinski definition) is 0. The largest absolute Gasteiger partial charge is 0.342 e. The maximum Gasteiger partial charge on any atom is 0.247 e. The van der Waals surface area contributed by atoms with Crippen LogP contribution in [0.5, 0.6) is 0 Å². The maximum atomic E-state index is 5.42. The zero-order chi connectivity index (χ0) is 10.9. The van der Waals surface area contributed by atoms with Crippen LogP contribution in [0.1, 0.15) is 26.7 Å². The monoisotopic (exact) mass is 213 g/mol. The Balaban J connectivity index is 2.23. The first kappa shape index (κ1) is 12.2. The highest BCUT2D eigenvalue weighted by Gasteiger charge is 2.02. The molecular weight excluding hydrogens is 192 g/mol. The second-order valence-electron chi connectivity index (χ2n) is 3.52. The molecule has 0 aliphatic carbocycles. The molecule has 0 amide bonds. The molecule has 15 heavy (non-hydrogen) atoms. The van der Waals surface area contributed by atoms with Gasteiger partial charge < -0.3 is 9.47 Å². The molecule has 0 aliphatic rings. The first-order valence-corrected chi connectivity index (χ1v) is 5.57. The molecule has 1 rings (SSSR count). The van der Waals surface area contributed by atoms with E-state index >= 15 is 0 Å². The number of imidazole rings is 1. The van der Waals surface area contributed by atoms with E-state index < -0.39 is 0 Å². The molecule has 0 unspecified atom stereocenters. The van der Waals surface area contributed by atoms with Gasteiger partial charge in [-0.1, -0.05) is 13.8 Å². The van der Waals surface area contributed by atoms with E-state index in [1.165, 1.54) is 0 Å². The summed E-state index contributed by atoms with van der Waals surface area (Å²) in [4.78, 5) is 0. The van der Waals surface area contributed by atoms with Crippen LogP contribution < -0.4 is 4.57 Å². The van der Waals surface area contributed by atoms with Crippen LogP contribution in [-0.2, 0) is 22.9 Å². The van der Waals surface area contributed by atoms with Gasteiger partial charge in [0.25, 0.3) is 0 Å². The molecule has 4 heteroatoms. The minimum atomic E-state index is 0.620. The van der Waals surface area contributed by atoms with Crippen molar-refractivity contribution in [2.75, 3.05) is 13.2 Å². The van der Waals surface area contributed by atoms with Crippen molar-refractivity contribution in [3.05, 3.63) is 18.7 Å². The second kappa shape index (κ2) is 7.43. The van der Waals surface area contributed by atoms with Gasteiger partial charge in [-0.25, -0.2) is 9.13 Å². The molecule has 86 valence electrons. The van der Waals surface area contributed by atoms with Gasteiger partial charge in [0.15, 0.2) is 13.5 Å². The molecule has 0 atom stereocenters. The van der Waals surface area contributed by atoms with E-state index in [2.05, 4.69) is 13.8 Å². The van der Waals surface area contributed by atoms with Crippen molar-refractivity contribution in [3.8, 4) is 0 Å². The smallest absolute Gasteiger partial charge is 0.247 e. The van der Waals surface area contributed by atoms with Crippen LogP contribution in [0, 0.1) is 0 Å². The Morgan fingerprint density at radius 1 is 1.13 bits per heavy atom. The van der Waals surface area contributed by atoms with E-state index in [4.69, 9.17) is 9.47 Å². The zero-order valence-corrected chi connectivity index (χ0v) is 9.69. The van der Waals surface area contributed by atoms with E-state index in [9.17, 15) is 0 Å². The third-order valence-electron chi connectivity index (χ3n) is 1.92. The van der Waals surface area contributed by atoms with Gasteiger partial charge in [-0.3, -0.25) is 0 Å². The van der Waals surface area contributed by atoms with Gasteiger partial charge in [0.1, 0.15) is 12.4 Å². The number of hydrogen-bond acceptors (Lipinski definition) is 2. The Morgan fingerprint density at radius 2 is 1.87 bits per heavy atom. The molecule has 0 spiro atoms. The highest BCUT2D eigenvalue weighted by Crippen LogP contribution is 1.89. The molecule has 1 aromatic heterocycles. The fraction of sp³-hybridized carbons (Fsp3) is 0.727.